The smallest absolute Gasteiger partial charge is 0.272 e. The van der Waals surface area contributed by atoms with Crippen LogP contribution in [0.3, 0.4) is 0 Å². The van der Waals surface area contributed by atoms with Crippen LogP contribution in [0.4, 0.5) is 5.82 Å². The molecule has 1 atom stereocenters. The van der Waals surface area contributed by atoms with E-state index in [0.29, 0.717) is 25.3 Å². The summed E-state index contributed by atoms with van der Waals surface area (Å²) in [5, 5.41) is 3.21. The predicted octanol–water partition coefficient (Wildman–Crippen LogP) is 1.78. The van der Waals surface area contributed by atoms with E-state index in [4.69, 9.17) is 0 Å². The van der Waals surface area contributed by atoms with Gasteiger partial charge in [0.05, 0.1) is 11.5 Å². The summed E-state index contributed by atoms with van der Waals surface area (Å²) in [6.45, 7) is 2.98. The molecule has 1 aromatic heterocycles. The third-order valence-electron chi connectivity index (χ3n) is 4.70. The highest BCUT2D eigenvalue weighted by atomic mass is 32.2. The lowest BCUT2D eigenvalue weighted by Crippen LogP contribution is -2.41. The Labute approximate surface area is 159 Å². The summed E-state index contributed by atoms with van der Waals surface area (Å²) in [5.41, 5.74) is 1.49. The molecule has 1 aliphatic heterocycles. The van der Waals surface area contributed by atoms with E-state index >= 15 is 0 Å². The number of rotatable bonds is 7. The van der Waals surface area contributed by atoms with Crippen LogP contribution in [0.25, 0.3) is 0 Å². The molecule has 0 saturated carbocycles. The van der Waals surface area contributed by atoms with Crippen LogP contribution < -0.4 is 5.32 Å². The van der Waals surface area contributed by atoms with Crippen molar-refractivity contribution < 1.29 is 13.2 Å². The van der Waals surface area contributed by atoms with Crippen LogP contribution in [0.5, 0.6) is 0 Å². The van der Waals surface area contributed by atoms with Crippen molar-refractivity contribution in [3.63, 3.8) is 0 Å². The molecule has 1 N–H and O–H groups in total. The Morgan fingerprint density at radius 3 is 2.70 bits per heavy atom. The standard InChI is InChI=1S/C19H24N4O3S/c1-2-23(16-9-11-27(25,26)13-16)19(24)17-12-18(22-14-21-17)20-10-8-15-6-4-3-5-7-15/h3-7,12,14,16H,2,8-11,13H2,1H3,(H,20,21,22). The Balaban J connectivity index is 1.64. The van der Waals surface area contributed by atoms with Gasteiger partial charge in [-0.25, -0.2) is 18.4 Å². The Bertz CT molecular complexity index is 887. The summed E-state index contributed by atoms with van der Waals surface area (Å²) in [6.07, 6.45) is 2.68. The van der Waals surface area contributed by atoms with Crippen molar-refractivity contribution in [2.24, 2.45) is 0 Å². The average Bonchev–Trinajstić information content (AvgIpc) is 3.03. The van der Waals surface area contributed by atoms with Gasteiger partial charge in [-0.3, -0.25) is 4.79 Å². The first-order valence-electron chi connectivity index (χ1n) is 9.10. The number of sulfone groups is 1. The maximum atomic E-state index is 12.8. The van der Waals surface area contributed by atoms with Gasteiger partial charge < -0.3 is 10.2 Å². The summed E-state index contributed by atoms with van der Waals surface area (Å²) in [7, 11) is -3.05. The fraction of sp³-hybridized carbons (Fsp3) is 0.421. The van der Waals surface area contributed by atoms with Crippen molar-refractivity contribution in [1.29, 1.82) is 0 Å². The lowest BCUT2D eigenvalue weighted by Gasteiger charge is -2.26. The second-order valence-electron chi connectivity index (χ2n) is 6.60. The number of carbonyl (C=O) groups is 1. The van der Waals surface area contributed by atoms with Crippen LogP contribution in [0, 0.1) is 0 Å². The van der Waals surface area contributed by atoms with Gasteiger partial charge in [0.1, 0.15) is 17.8 Å². The Hall–Kier alpha value is -2.48. The number of amides is 1. The molecule has 8 heteroatoms. The summed E-state index contributed by atoms with van der Waals surface area (Å²) in [6, 6.07) is 11.4. The molecule has 144 valence electrons. The molecule has 27 heavy (non-hydrogen) atoms. The van der Waals surface area contributed by atoms with E-state index in [-0.39, 0.29) is 29.1 Å². The van der Waals surface area contributed by atoms with Gasteiger partial charge in [0.15, 0.2) is 9.84 Å². The summed E-state index contributed by atoms with van der Waals surface area (Å²) >= 11 is 0. The van der Waals surface area contributed by atoms with E-state index in [0.717, 1.165) is 6.42 Å². The molecule has 1 fully saturated rings. The topological polar surface area (TPSA) is 92.3 Å². The van der Waals surface area contributed by atoms with Crippen LogP contribution in [0.15, 0.2) is 42.7 Å². The molecule has 1 amide bonds. The minimum absolute atomic E-state index is 0.0276. The highest BCUT2D eigenvalue weighted by Crippen LogP contribution is 2.20. The van der Waals surface area contributed by atoms with Gasteiger partial charge in [0, 0.05) is 25.2 Å². The van der Waals surface area contributed by atoms with Crippen molar-refractivity contribution >= 4 is 21.6 Å². The highest BCUT2D eigenvalue weighted by molar-refractivity contribution is 7.91. The molecule has 0 aliphatic carbocycles. The van der Waals surface area contributed by atoms with Gasteiger partial charge in [0.2, 0.25) is 0 Å². The Morgan fingerprint density at radius 2 is 2.04 bits per heavy atom. The van der Waals surface area contributed by atoms with Gasteiger partial charge in [-0.1, -0.05) is 30.3 Å². The number of nitrogens with one attached hydrogen (secondary N) is 1. The minimum atomic E-state index is -3.05. The van der Waals surface area contributed by atoms with Gasteiger partial charge in [-0.2, -0.15) is 0 Å². The molecule has 0 radical (unpaired) electrons. The predicted molar refractivity (Wildman–Crippen MR) is 104 cm³/mol. The van der Waals surface area contributed by atoms with E-state index in [1.165, 1.54) is 11.9 Å². The van der Waals surface area contributed by atoms with Gasteiger partial charge in [0.25, 0.3) is 5.91 Å². The molecule has 7 nitrogen and oxygen atoms in total. The third-order valence-corrected chi connectivity index (χ3v) is 6.45. The summed E-state index contributed by atoms with van der Waals surface area (Å²) in [5.74, 6) is 0.490. The Kier molecular flexibility index (Phi) is 6.05. The maximum absolute atomic E-state index is 12.8. The first-order chi connectivity index (χ1) is 13.0. The Morgan fingerprint density at radius 1 is 1.26 bits per heavy atom. The van der Waals surface area contributed by atoms with Crippen molar-refractivity contribution in [3.8, 4) is 0 Å². The van der Waals surface area contributed by atoms with Gasteiger partial charge in [-0.15, -0.1) is 0 Å². The van der Waals surface area contributed by atoms with Gasteiger partial charge in [-0.05, 0) is 25.3 Å². The lowest BCUT2D eigenvalue weighted by atomic mass is 10.1. The summed E-state index contributed by atoms with van der Waals surface area (Å²) < 4.78 is 23.5. The molecule has 0 spiro atoms. The molecule has 2 heterocycles. The number of aromatic nitrogens is 2. The number of benzene rings is 1. The summed E-state index contributed by atoms with van der Waals surface area (Å²) in [4.78, 5) is 22.7. The van der Waals surface area contributed by atoms with Crippen LogP contribution in [0.2, 0.25) is 0 Å². The van der Waals surface area contributed by atoms with E-state index in [1.54, 1.807) is 11.0 Å². The van der Waals surface area contributed by atoms with Crippen LogP contribution in [-0.2, 0) is 16.3 Å². The number of nitrogens with zero attached hydrogens (tertiary/aromatic N) is 3. The normalized spacial score (nSPS) is 18.2. The van der Waals surface area contributed by atoms with Crippen molar-refractivity contribution in [2.45, 2.75) is 25.8 Å². The second kappa shape index (κ2) is 8.47. The maximum Gasteiger partial charge on any atom is 0.272 e. The minimum Gasteiger partial charge on any atom is -0.370 e. The van der Waals surface area contributed by atoms with E-state index in [2.05, 4.69) is 27.4 Å². The van der Waals surface area contributed by atoms with E-state index < -0.39 is 9.84 Å². The zero-order valence-corrected chi connectivity index (χ0v) is 16.2. The monoisotopic (exact) mass is 388 g/mol. The number of hydrogen-bond donors (Lipinski definition) is 1. The zero-order chi connectivity index (χ0) is 19.3. The van der Waals surface area contributed by atoms with E-state index in [1.807, 2.05) is 25.1 Å². The average molecular weight is 388 g/mol. The fourth-order valence-corrected chi connectivity index (χ4v) is 5.02. The van der Waals surface area contributed by atoms with Crippen molar-refractivity contribution in [3.05, 3.63) is 54.0 Å². The molecule has 1 unspecified atom stereocenters. The number of hydrogen-bond acceptors (Lipinski definition) is 6. The van der Waals surface area contributed by atoms with Crippen LogP contribution >= 0.6 is 0 Å². The number of anilines is 1. The first-order valence-corrected chi connectivity index (χ1v) is 10.9. The molecule has 1 aromatic carbocycles. The molecule has 0 bridgehead atoms. The van der Waals surface area contributed by atoms with Crippen LogP contribution in [-0.4, -0.2) is 59.8 Å². The largest absolute Gasteiger partial charge is 0.370 e. The molecular formula is C19H24N4O3S. The molecule has 1 aliphatic rings. The van der Waals surface area contributed by atoms with Crippen LogP contribution in [0.1, 0.15) is 29.4 Å². The SMILES string of the molecule is CCN(C(=O)c1cc(NCCc2ccccc2)ncn1)C1CCS(=O)(=O)C1. The van der Waals surface area contributed by atoms with Gasteiger partial charge >= 0.3 is 0 Å². The van der Waals surface area contributed by atoms with Crippen molar-refractivity contribution in [2.75, 3.05) is 29.9 Å². The molecular weight excluding hydrogens is 364 g/mol. The third kappa shape index (κ3) is 5.03. The second-order valence-corrected chi connectivity index (χ2v) is 8.83. The fourth-order valence-electron chi connectivity index (χ4n) is 3.29. The lowest BCUT2D eigenvalue weighted by molar-refractivity contribution is 0.0702. The quantitative estimate of drug-likeness (QED) is 0.777. The van der Waals surface area contributed by atoms with Crippen molar-refractivity contribution in [1.82, 2.24) is 14.9 Å². The number of carbonyl (C=O) groups excluding carboxylic acids is 1. The highest BCUT2D eigenvalue weighted by Gasteiger charge is 2.34. The molecule has 2 aromatic rings. The zero-order valence-electron chi connectivity index (χ0n) is 15.3. The molecule has 1 saturated heterocycles. The van der Waals surface area contributed by atoms with E-state index in [9.17, 15) is 13.2 Å². The first kappa shape index (κ1) is 19.3. The molecule has 3 rings (SSSR count).